The number of amides is 1. The van der Waals surface area contributed by atoms with E-state index in [4.69, 9.17) is 16.3 Å². The fourth-order valence-electron chi connectivity index (χ4n) is 2.61. The van der Waals surface area contributed by atoms with E-state index in [1.807, 2.05) is 36.4 Å². The van der Waals surface area contributed by atoms with Crippen LogP contribution in [0.15, 0.2) is 46.9 Å². The fourth-order valence-corrected chi connectivity index (χ4v) is 3.03. The number of carbonyl (C=O) groups is 1. The van der Waals surface area contributed by atoms with Crippen molar-refractivity contribution >= 4 is 39.1 Å². The van der Waals surface area contributed by atoms with Crippen LogP contribution >= 0.6 is 27.5 Å². The molecule has 1 aliphatic heterocycles. The number of benzene rings is 2. The van der Waals surface area contributed by atoms with E-state index in [-0.39, 0.29) is 5.91 Å². The molecule has 0 atom stereocenters. The first-order valence-corrected chi connectivity index (χ1v) is 8.94. The van der Waals surface area contributed by atoms with E-state index in [0.717, 1.165) is 42.9 Å². The molecule has 24 heavy (non-hydrogen) atoms. The van der Waals surface area contributed by atoms with E-state index in [1.165, 1.54) is 0 Å². The van der Waals surface area contributed by atoms with Gasteiger partial charge in [-0.1, -0.05) is 23.7 Å². The second kappa shape index (κ2) is 8.12. The number of rotatable bonds is 4. The first kappa shape index (κ1) is 17.4. The Morgan fingerprint density at radius 3 is 2.75 bits per heavy atom. The zero-order valence-corrected chi connectivity index (χ0v) is 15.4. The van der Waals surface area contributed by atoms with E-state index >= 15 is 0 Å². The van der Waals surface area contributed by atoms with Crippen LogP contribution < -0.4 is 5.32 Å². The van der Waals surface area contributed by atoms with Crippen molar-refractivity contribution in [3.05, 3.63) is 63.1 Å². The molecule has 1 heterocycles. The Hall–Kier alpha value is -1.40. The maximum atomic E-state index is 12.5. The molecule has 1 amide bonds. The van der Waals surface area contributed by atoms with Gasteiger partial charge in [0, 0.05) is 35.4 Å². The minimum absolute atomic E-state index is 0.141. The minimum atomic E-state index is -0.141. The lowest BCUT2D eigenvalue weighted by Crippen LogP contribution is -2.35. The number of nitrogens with zero attached hydrogens (tertiary/aromatic N) is 1. The molecule has 4 nitrogen and oxygen atoms in total. The third-order valence-corrected chi connectivity index (χ3v) is 5.11. The van der Waals surface area contributed by atoms with Gasteiger partial charge in [0.25, 0.3) is 5.91 Å². The van der Waals surface area contributed by atoms with Gasteiger partial charge in [-0.15, -0.1) is 0 Å². The van der Waals surface area contributed by atoms with Gasteiger partial charge in [0.2, 0.25) is 0 Å². The topological polar surface area (TPSA) is 41.6 Å². The molecular formula is C18H18BrClN2O2. The average Bonchev–Trinajstić information content (AvgIpc) is 2.59. The lowest BCUT2D eigenvalue weighted by atomic mass is 10.1. The van der Waals surface area contributed by atoms with Crippen LogP contribution in [0.5, 0.6) is 0 Å². The smallest absolute Gasteiger partial charge is 0.255 e. The van der Waals surface area contributed by atoms with Crippen molar-refractivity contribution in [3.8, 4) is 0 Å². The van der Waals surface area contributed by atoms with Gasteiger partial charge in [-0.3, -0.25) is 9.69 Å². The number of ether oxygens (including phenoxy) is 1. The quantitative estimate of drug-likeness (QED) is 0.823. The van der Waals surface area contributed by atoms with Crippen molar-refractivity contribution in [2.75, 3.05) is 31.6 Å². The van der Waals surface area contributed by atoms with Crippen LogP contribution in [-0.2, 0) is 11.3 Å². The highest BCUT2D eigenvalue weighted by Gasteiger charge is 2.12. The van der Waals surface area contributed by atoms with Crippen LogP contribution in [-0.4, -0.2) is 37.1 Å². The first-order valence-electron chi connectivity index (χ1n) is 7.77. The lowest BCUT2D eigenvalue weighted by molar-refractivity contribution is 0.0342. The monoisotopic (exact) mass is 408 g/mol. The van der Waals surface area contributed by atoms with E-state index in [2.05, 4.69) is 26.1 Å². The molecule has 3 rings (SSSR count). The molecule has 126 valence electrons. The number of hydrogen-bond donors (Lipinski definition) is 1. The van der Waals surface area contributed by atoms with Crippen molar-refractivity contribution in [3.63, 3.8) is 0 Å². The highest BCUT2D eigenvalue weighted by Crippen LogP contribution is 2.25. The Morgan fingerprint density at radius 2 is 2.00 bits per heavy atom. The maximum absolute atomic E-state index is 12.5. The molecule has 2 aromatic rings. The zero-order valence-electron chi connectivity index (χ0n) is 13.1. The van der Waals surface area contributed by atoms with Crippen molar-refractivity contribution in [1.29, 1.82) is 0 Å². The summed E-state index contributed by atoms with van der Waals surface area (Å²) in [6.07, 6.45) is 0. The van der Waals surface area contributed by atoms with Crippen LogP contribution in [0.2, 0.25) is 5.02 Å². The van der Waals surface area contributed by atoms with Crippen molar-refractivity contribution in [1.82, 2.24) is 4.90 Å². The Balaban J connectivity index is 1.68. The molecular weight excluding hydrogens is 392 g/mol. The Bertz CT molecular complexity index is 733. The van der Waals surface area contributed by atoms with Gasteiger partial charge in [0.05, 0.1) is 18.2 Å². The summed E-state index contributed by atoms with van der Waals surface area (Å²) in [4.78, 5) is 14.8. The van der Waals surface area contributed by atoms with E-state index in [0.29, 0.717) is 16.3 Å². The number of carbonyl (C=O) groups excluding carboxylic acids is 1. The molecule has 1 aliphatic rings. The highest BCUT2D eigenvalue weighted by molar-refractivity contribution is 9.10. The Morgan fingerprint density at radius 1 is 1.21 bits per heavy atom. The van der Waals surface area contributed by atoms with E-state index < -0.39 is 0 Å². The van der Waals surface area contributed by atoms with Gasteiger partial charge in [0.1, 0.15) is 0 Å². The standard InChI is InChI=1S/C18H18BrClN2O2/c19-16-5-4-15(11-17(16)20)21-18(23)14-3-1-2-13(10-14)12-22-6-8-24-9-7-22/h1-5,10-11H,6-9,12H2,(H,21,23). The molecule has 0 radical (unpaired) electrons. The number of halogens is 2. The second-order valence-electron chi connectivity index (χ2n) is 5.67. The largest absolute Gasteiger partial charge is 0.379 e. The van der Waals surface area contributed by atoms with Crippen LogP contribution in [0.4, 0.5) is 5.69 Å². The Kier molecular flexibility index (Phi) is 5.89. The predicted molar refractivity (Wildman–Crippen MR) is 99.6 cm³/mol. The molecule has 0 aromatic heterocycles. The van der Waals surface area contributed by atoms with Crippen molar-refractivity contribution < 1.29 is 9.53 Å². The summed E-state index contributed by atoms with van der Waals surface area (Å²) in [7, 11) is 0. The van der Waals surface area contributed by atoms with Crippen LogP contribution in [0, 0.1) is 0 Å². The van der Waals surface area contributed by atoms with Gasteiger partial charge in [-0.2, -0.15) is 0 Å². The molecule has 1 saturated heterocycles. The summed E-state index contributed by atoms with van der Waals surface area (Å²) < 4.78 is 6.16. The molecule has 2 aromatic carbocycles. The van der Waals surface area contributed by atoms with Crippen LogP contribution in [0.3, 0.4) is 0 Å². The summed E-state index contributed by atoms with van der Waals surface area (Å²) in [5.41, 5.74) is 2.44. The summed E-state index contributed by atoms with van der Waals surface area (Å²) in [5, 5.41) is 3.44. The summed E-state index contributed by atoms with van der Waals surface area (Å²) in [6.45, 7) is 4.21. The second-order valence-corrected chi connectivity index (χ2v) is 6.93. The van der Waals surface area contributed by atoms with Crippen molar-refractivity contribution in [2.24, 2.45) is 0 Å². The van der Waals surface area contributed by atoms with Crippen LogP contribution in [0.1, 0.15) is 15.9 Å². The molecule has 6 heteroatoms. The van der Waals surface area contributed by atoms with Gasteiger partial charge in [-0.25, -0.2) is 0 Å². The molecule has 0 aliphatic carbocycles. The van der Waals surface area contributed by atoms with Gasteiger partial charge in [-0.05, 0) is 51.8 Å². The number of anilines is 1. The molecule has 0 spiro atoms. The van der Waals surface area contributed by atoms with E-state index in [9.17, 15) is 4.79 Å². The van der Waals surface area contributed by atoms with Gasteiger partial charge in [0.15, 0.2) is 0 Å². The average molecular weight is 410 g/mol. The SMILES string of the molecule is O=C(Nc1ccc(Br)c(Cl)c1)c1cccc(CN2CCOCC2)c1. The minimum Gasteiger partial charge on any atom is -0.379 e. The first-order chi connectivity index (χ1) is 11.6. The zero-order chi connectivity index (χ0) is 16.9. The molecule has 1 N–H and O–H groups in total. The molecule has 0 unspecified atom stereocenters. The predicted octanol–water partition coefficient (Wildman–Crippen LogP) is 4.19. The summed E-state index contributed by atoms with van der Waals surface area (Å²) in [6, 6.07) is 13.1. The fraction of sp³-hybridized carbons (Fsp3) is 0.278. The normalized spacial score (nSPS) is 15.2. The van der Waals surface area contributed by atoms with E-state index in [1.54, 1.807) is 6.07 Å². The van der Waals surface area contributed by atoms with Gasteiger partial charge >= 0.3 is 0 Å². The third kappa shape index (κ3) is 4.57. The molecule has 1 fully saturated rings. The number of hydrogen-bond acceptors (Lipinski definition) is 3. The highest BCUT2D eigenvalue weighted by atomic mass is 79.9. The van der Waals surface area contributed by atoms with Crippen molar-refractivity contribution in [2.45, 2.75) is 6.54 Å². The van der Waals surface area contributed by atoms with Gasteiger partial charge < -0.3 is 10.1 Å². The lowest BCUT2D eigenvalue weighted by Gasteiger charge is -2.26. The summed E-state index contributed by atoms with van der Waals surface area (Å²) >= 11 is 9.40. The molecule has 0 bridgehead atoms. The number of morpholine rings is 1. The van der Waals surface area contributed by atoms with Crippen LogP contribution in [0.25, 0.3) is 0 Å². The maximum Gasteiger partial charge on any atom is 0.255 e. The Labute approximate surface area is 154 Å². The summed E-state index contributed by atoms with van der Waals surface area (Å²) in [5.74, 6) is -0.141. The third-order valence-electron chi connectivity index (χ3n) is 3.88. The molecule has 0 saturated carbocycles. The number of nitrogens with one attached hydrogen (secondary N) is 1.